The zero-order valence-electron chi connectivity index (χ0n) is 10.9. The van der Waals surface area contributed by atoms with E-state index >= 15 is 0 Å². The second-order valence-electron chi connectivity index (χ2n) is 3.95. The fraction of sp³-hybridized carbons (Fsp3) is 0.231. The van der Waals surface area contributed by atoms with Crippen LogP contribution in [0, 0.1) is 12.7 Å². The number of nitrogens with zero attached hydrogens (tertiary/aromatic N) is 1. The SMILES string of the molecule is CCOC(=O)c1c(C)nsc1Nc1ccc(Br)c(F)c1. The van der Waals surface area contributed by atoms with Gasteiger partial charge in [0.15, 0.2) is 0 Å². The number of ether oxygens (including phenoxy) is 1. The molecule has 0 fully saturated rings. The van der Waals surface area contributed by atoms with Gasteiger partial charge < -0.3 is 10.1 Å². The zero-order valence-corrected chi connectivity index (χ0v) is 13.3. The lowest BCUT2D eigenvalue weighted by molar-refractivity contribution is 0.0527. The van der Waals surface area contributed by atoms with Crippen LogP contribution in [0.2, 0.25) is 0 Å². The Labute approximate surface area is 128 Å². The van der Waals surface area contributed by atoms with Crippen LogP contribution >= 0.6 is 27.5 Å². The molecule has 0 saturated carbocycles. The van der Waals surface area contributed by atoms with Gasteiger partial charge in [0.2, 0.25) is 0 Å². The number of benzene rings is 1. The van der Waals surface area contributed by atoms with Crippen molar-refractivity contribution in [2.24, 2.45) is 0 Å². The van der Waals surface area contributed by atoms with Crippen LogP contribution in [0.1, 0.15) is 23.0 Å². The van der Waals surface area contributed by atoms with Crippen molar-refractivity contribution >= 4 is 44.1 Å². The van der Waals surface area contributed by atoms with Crippen molar-refractivity contribution in [3.63, 3.8) is 0 Å². The maximum absolute atomic E-state index is 13.5. The molecule has 4 nitrogen and oxygen atoms in total. The Morgan fingerprint density at radius 3 is 2.95 bits per heavy atom. The van der Waals surface area contributed by atoms with Crippen LogP contribution in [-0.4, -0.2) is 16.9 Å². The number of halogens is 2. The van der Waals surface area contributed by atoms with E-state index in [9.17, 15) is 9.18 Å². The van der Waals surface area contributed by atoms with Gasteiger partial charge >= 0.3 is 5.97 Å². The Bertz CT molecular complexity index is 645. The zero-order chi connectivity index (χ0) is 14.7. The number of aromatic nitrogens is 1. The van der Waals surface area contributed by atoms with Gasteiger partial charge in [0, 0.05) is 5.69 Å². The molecule has 0 aliphatic heterocycles. The molecule has 2 aromatic rings. The van der Waals surface area contributed by atoms with E-state index in [1.165, 1.54) is 6.07 Å². The smallest absolute Gasteiger partial charge is 0.343 e. The van der Waals surface area contributed by atoms with Crippen LogP contribution in [0.3, 0.4) is 0 Å². The Kier molecular flexibility index (Phi) is 4.72. The molecule has 7 heteroatoms. The van der Waals surface area contributed by atoms with Gasteiger partial charge in [0.1, 0.15) is 16.4 Å². The first-order chi connectivity index (χ1) is 9.52. The quantitative estimate of drug-likeness (QED) is 0.829. The summed E-state index contributed by atoms with van der Waals surface area (Å²) in [6.45, 7) is 3.76. The average Bonchev–Trinajstić information content (AvgIpc) is 2.75. The van der Waals surface area contributed by atoms with Crippen molar-refractivity contribution < 1.29 is 13.9 Å². The number of carbonyl (C=O) groups excluding carboxylic acids is 1. The first kappa shape index (κ1) is 14.9. The third kappa shape index (κ3) is 3.16. The molecule has 0 amide bonds. The lowest BCUT2D eigenvalue weighted by atomic mass is 10.2. The third-order valence-electron chi connectivity index (χ3n) is 2.52. The van der Waals surface area contributed by atoms with Gasteiger partial charge in [-0.1, -0.05) is 0 Å². The number of rotatable bonds is 4. The molecule has 1 N–H and O–H groups in total. The van der Waals surface area contributed by atoms with Crippen molar-refractivity contribution in [1.82, 2.24) is 4.37 Å². The monoisotopic (exact) mass is 358 g/mol. The van der Waals surface area contributed by atoms with E-state index in [4.69, 9.17) is 4.74 Å². The number of carbonyl (C=O) groups is 1. The highest BCUT2D eigenvalue weighted by Gasteiger charge is 2.19. The largest absolute Gasteiger partial charge is 0.462 e. The summed E-state index contributed by atoms with van der Waals surface area (Å²) in [6, 6.07) is 4.64. The maximum Gasteiger partial charge on any atom is 0.343 e. The highest BCUT2D eigenvalue weighted by Crippen LogP contribution is 2.30. The first-order valence-corrected chi connectivity index (χ1v) is 7.45. The summed E-state index contributed by atoms with van der Waals surface area (Å²) >= 11 is 4.23. The fourth-order valence-electron chi connectivity index (χ4n) is 1.60. The van der Waals surface area contributed by atoms with Gasteiger partial charge in [-0.15, -0.1) is 0 Å². The molecule has 106 valence electrons. The maximum atomic E-state index is 13.5. The second kappa shape index (κ2) is 6.32. The van der Waals surface area contributed by atoms with Crippen molar-refractivity contribution in [2.75, 3.05) is 11.9 Å². The molecule has 0 spiro atoms. The number of esters is 1. The minimum absolute atomic E-state index is 0.292. The van der Waals surface area contributed by atoms with Crippen molar-refractivity contribution in [3.05, 3.63) is 39.7 Å². The van der Waals surface area contributed by atoms with E-state index in [-0.39, 0.29) is 5.82 Å². The van der Waals surface area contributed by atoms with Crippen molar-refractivity contribution in [2.45, 2.75) is 13.8 Å². The lowest BCUT2D eigenvalue weighted by Gasteiger charge is -2.07. The van der Waals surface area contributed by atoms with Crippen LogP contribution in [0.5, 0.6) is 0 Å². The molecule has 20 heavy (non-hydrogen) atoms. The molecule has 2 rings (SSSR count). The van der Waals surface area contributed by atoms with Gasteiger partial charge in [-0.05, 0) is 59.5 Å². The van der Waals surface area contributed by atoms with E-state index in [0.29, 0.717) is 33.0 Å². The van der Waals surface area contributed by atoms with Gasteiger partial charge in [-0.25, -0.2) is 9.18 Å². The minimum atomic E-state index is -0.432. The summed E-state index contributed by atoms with van der Waals surface area (Å²) in [4.78, 5) is 11.9. The summed E-state index contributed by atoms with van der Waals surface area (Å²) in [5, 5.41) is 3.54. The van der Waals surface area contributed by atoms with Crippen LogP contribution in [0.15, 0.2) is 22.7 Å². The van der Waals surface area contributed by atoms with Crippen LogP contribution in [0.25, 0.3) is 0 Å². The van der Waals surface area contributed by atoms with Gasteiger partial charge in [-0.3, -0.25) is 0 Å². The van der Waals surface area contributed by atoms with Crippen LogP contribution in [0.4, 0.5) is 15.1 Å². The summed E-state index contributed by atoms with van der Waals surface area (Å²) in [6.07, 6.45) is 0. The number of hydrogen-bond acceptors (Lipinski definition) is 5. The van der Waals surface area contributed by atoms with Crippen molar-refractivity contribution in [3.8, 4) is 0 Å². The van der Waals surface area contributed by atoms with E-state index in [1.54, 1.807) is 26.0 Å². The normalized spacial score (nSPS) is 10.4. The molecule has 0 unspecified atom stereocenters. The Morgan fingerprint density at radius 2 is 2.30 bits per heavy atom. The first-order valence-electron chi connectivity index (χ1n) is 5.88. The summed E-state index contributed by atoms with van der Waals surface area (Å²) in [7, 11) is 0. The predicted octanol–water partition coefficient (Wildman–Crippen LogP) is 4.27. The number of anilines is 2. The number of nitrogens with one attached hydrogen (secondary N) is 1. The van der Waals surface area contributed by atoms with E-state index in [2.05, 4.69) is 25.6 Å². The number of hydrogen-bond donors (Lipinski definition) is 1. The summed E-state index contributed by atoms with van der Waals surface area (Å²) in [5.41, 5.74) is 1.52. The third-order valence-corrected chi connectivity index (χ3v) is 4.02. The van der Waals surface area contributed by atoms with Gasteiger partial charge in [0.25, 0.3) is 0 Å². The fourth-order valence-corrected chi connectivity index (χ4v) is 2.66. The molecule has 1 aromatic heterocycles. The van der Waals surface area contributed by atoms with Gasteiger partial charge in [0.05, 0.1) is 16.8 Å². The highest BCUT2D eigenvalue weighted by atomic mass is 79.9. The van der Waals surface area contributed by atoms with E-state index in [1.807, 2.05) is 0 Å². The summed E-state index contributed by atoms with van der Waals surface area (Å²) in [5.74, 6) is -0.812. The van der Waals surface area contributed by atoms with Crippen LogP contribution in [-0.2, 0) is 4.74 Å². The second-order valence-corrected chi connectivity index (χ2v) is 5.57. The Hall–Kier alpha value is -1.47. The Balaban J connectivity index is 2.29. The molecule has 1 aromatic carbocycles. The van der Waals surface area contributed by atoms with E-state index in [0.717, 1.165) is 11.5 Å². The molecule has 1 heterocycles. The predicted molar refractivity (Wildman–Crippen MR) is 80.2 cm³/mol. The van der Waals surface area contributed by atoms with E-state index < -0.39 is 5.97 Å². The topological polar surface area (TPSA) is 51.2 Å². The van der Waals surface area contributed by atoms with Crippen LogP contribution < -0.4 is 5.32 Å². The molecular formula is C13H12BrFN2O2S. The lowest BCUT2D eigenvalue weighted by Crippen LogP contribution is -2.07. The Morgan fingerprint density at radius 1 is 1.55 bits per heavy atom. The standard InChI is InChI=1S/C13H12BrFN2O2S/c1-3-19-13(18)11-7(2)17-20-12(11)16-8-4-5-9(14)10(15)6-8/h4-6,16H,3H2,1-2H3. The van der Waals surface area contributed by atoms with Gasteiger partial charge in [-0.2, -0.15) is 4.37 Å². The number of aryl methyl sites for hydroxylation is 1. The molecular weight excluding hydrogens is 347 g/mol. The molecule has 0 aliphatic rings. The highest BCUT2D eigenvalue weighted by molar-refractivity contribution is 9.10. The average molecular weight is 359 g/mol. The minimum Gasteiger partial charge on any atom is -0.462 e. The molecule has 0 aliphatic carbocycles. The molecule has 0 atom stereocenters. The molecule has 0 radical (unpaired) electrons. The molecule has 0 bridgehead atoms. The molecule has 0 saturated heterocycles. The van der Waals surface area contributed by atoms with Crippen molar-refractivity contribution in [1.29, 1.82) is 0 Å². The summed E-state index contributed by atoms with van der Waals surface area (Å²) < 4.78 is 23.0.